The molecule has 0 bridgehead atoms. The molecule has 2 rings (SSSR count). The number of halogens is 2. The summed E-state index contributed by atoms with van der Waals surface area (Å²) in [5.41, 5.74) is 1.48. The second-order valence-corrected chi connectivity index (χ2v) is 4.67. The Morgan fingerprint density at radius 2 is 2.21 bits per heavy atom. The molecule has 1 aromatic carbocycles. The van der Waals surface area contributed by atoms with Gasteiger partial charge in [0.15, 0.2) is 0 Å². The minimum absolute atomic E-state index is 0.0694. The van der Waals surface area contributed by atoms with Crippen LogP contribution in [0.4, 0.5) is 4.39 Å². The van der Waals surface area contributed by atoms with E-state index in [9.17, 15) is 4.39 Å². The molecule has 0 aliphatic carbocycles. The topological polar surface area (TPSA) is 37.9 Å². The molecule has 0 atom stereocenters. The van der Waals surface area contributed by atoms with Crippen LogP contribution in [0.3, 0.4) is 0 Å². The fourth-order valence-corrected chi connectivity index (χ4v) is 2.00. The number of H-pyrrole nitrogens is 1. The van der Waals surface area contributed by atoms with Gasteiger partial charge >= 0.3 is 0 Å². The predicted molar refractivity (Wildman–Crippen MR) is 75.2 cm³/mol. The first-order chi connectivity index (χ1) is 9.10. The van der Waals surface area contributed by atoms with E-state index in [4.69, 9.17) is 28.6 Å². The molecule has 0 amide bonds. The van der Waals surface area contributed by atoms with Gasteiger partial charge in [-0.15, -0.1) is 0 Å². The van der Waals surface area contributed by atoms with E-state index in [0.717, 1.165) is 11.3 Å². The normalized spacial score (nSPS) is 10.7. The van der Waals surface area contributed by atoms with Crippen LogP contribution in [0.1, 0.15) is 12.7 Å². The summed E-state index contributed by atoms with van der Waals surface area (Å²) >= 11 is 10.9. The Balaban J connectivity index is 2.40. The fourth-order valence-electron chi connectivity index (χ4n) is 1.59. The molecular weight excluding hydrogens is 287 g/mol. The Morgan fingerprint density at radius 1 is 1.42 bits per heavy atom. The van der Waals surface area contributed by atoms with Gasteiger partial charge in [0, 0.05) is 12.3 Å². The predicted octanol–water partition coefficient (Wildman–Crippen LogP) is 4.14. The Kier molecular flexibility index (Phi) is 4.63. The van der Waals surface area contributed by atoms with Gasteiger partial charge in [-0.25, -0.2) is 9.37 Å². The Bertz CT molecular complexity index is 645. The van der Waals surface area contributed by atoms with Gasteiger partial charge in [0.1, 0.15) is 22.9 Å². The lowest BCUT2D eigenvalue weighted by molar-refractivity contribution is 0.128. The Labute approximate surface area is 120 Å². The van der Waals surface area contributed by atoms with Crippen LogP contribution in [0.5, 0.6) is 0 Å². The van der Waals surface area contributed by atoms with Gasteiger partial charge in [-0.3, -0.25) is 0 Å². The number of aromatic nitrogens is 2. The van der Waals surface area contributed by atoms with Crippen LogP contribution in [-0.4, -0.2) is 16.6 Å². The number of hydrogen-bond donors (Lipinski definition) is 1. The first-order valence-corrected chi connectivity index (χ1v) is 6.52. The van der Waals surface area contributed by atoms with Crippen LogP contribution in [-0.2, 0) is 11.3 Å². The zero-order valence-electron chi connectivity index (χ0n) is 10.2. The third-order valence-corrected chi connectivity index (χ3v) is 2.96. The molecule has 3 nitrogen and oxygen atoms in total. The van der Waals surface area contributed by atoms with Crippen LogP contribution < -0.4 is 0 Å². The number of nitrogens with one attached hydrogen (secondary N) is 1. The van der Waals surface area contributed by atoms with Gasteiger partial charge in [0.05, 0.1) is 5.02 Å². The first kappa shape index (κ1) is 14.1. The number of ether oxygens (including phenoxy) is 1. The molecule has 0 saturated carbocycles. The molecular formula is C13H12ClFN2OS. The number of benzene rings is 1. The van der Waals surface area contributed by atoms with Gasteiger partial charge < -0.3 is 9.72 Å². The number of hydrogen-bond acceptors (Lipinski definition) is 3. The van der Waals surface area contributed by atoms with E-state index < -0.39 is 5.82 Å². The monoisotopic (exact) mass is 298 g/mol. The molecule has 0 aliphatic rings. The molecule has 2 aromatic rings. The van der Waals surface area contributed by atoms with Crippen molar-refractivity contribution in [1.29, 1.82) is 0 Å². The Hall–Kier alpha value is -1.30. The van der Waals surface area contributed by atoms with Crippen LogP contribution in [0.15, 0.2) is 24.3 Å². The van der Waals surface area contributed by atoms with E-state index >= 15 is 0 Å². The van der Waals surface area contributed by atoms with Crippen molar-refractivity contribution in [3.63, 3.8) is 0 Å². The minimum atomic E-state index is -0.451. The van der Waals surface area contributed by atoms with Crippen molar-refractivity contribution < 1.29 is 9.13 Å². The molecule has 6 heteroatoms. The zero-order valence-corrected chi connectivity index (χ0v) is 11.8. The zero-order chi connectivity index (χ0) is 13.8. The number of rotatable bonds is 4. The van der Waals surface area contributed by atoms with Crippen molar-refractivity contribution in [2.75, 3.05) is 6.61 Å². The van der Waals surface area contributed by atoms with Gasteiger partial charge in [0.2, 0.25) is 0 Å². The van der Waals surface area contributed by atoms with E-state index in [0.29, 0.717) is 23.7 Å². The summed E-state index contributed by atoms with van der Waals surface area (Å²) in [6, 6.07) is 6.19. The molecule has 1 heterocycles. The quantitative estimate of drug-likeness (QED) is 0.862. The summed E-state index contributed by atoms with van der Waals surface area (Å²) in [5, 5.41) is 0.0694. The molecule has 0 saturated heterocycles. The fraction of sp³-hybridized carbons (Fsp3) is 0.231. The second-order valence-electron chi connectivity index (χ2n) is 3.85. The van der Waals surface area contributed by atoms with Crippen molar-refractivity contribution in [3.8, 4) is 11.3 Å². The summed E-state index contributed by atoms with van der Waals surface area (Å²) < 4.78 is 18.9. The molecule has 0 unspecified atom stereocenters. The molecule has 1 N–H and O–H groups in total. The highest BCUT2D eigenvalue weighted by Gasteiger charge is 2.05. The molecule has 0 aliphatic heterocycles. The van der Waals surface area contributed by atoms with Crippen molar-refractivity contribution >= 4 is 23.8 Å². The Morgan fingerprint density at radius 3 is 2.89 bits per heavy atom. The van der Waals surface area contributed by atoms with Crippen LogP contribution in [0, 0.1) is 10.5 Å². The minimum Gasteiger partial charge on any atom is -0.374 e. The third kappa shape index (κ3) is 3.59. The highest BCUT2D eigenvalue weighted by molar-refractivity contribution is 7.71. The van der Waals surface area contributed by atoms with E-state index in [1.807, 2.05) is 6.92 Å². The van der Waals surface area contributed by atoms with Gasteiger partial charge in [-0.05, 0) is 36.8 Å². The number of aromatic amines is 1. The first-order valence-electron chi connectivity index (χ1n) is 5.73. The summed E-state index contributed by atoms with van der Waals surface area (Å²) in [4.78, 5) is 7.26. The van der Waals surface area contributed by atoms with E-state index in [1.165, 1.54) is 6.07 Å². The maximum atomic E-state index is 13.1. The van der Waals surface area contributed by atoms with E-state index in [1.54, 1.807) is 18.2 Å². The van der Waals surface area contributed by atoms with Crippen LogP contribution in [0.25, 0.3) is 11.3 Å². The van der Waals surface area contributed by atoms with Crippen molar-refractivity contribution in [2.24, 2.45) is 0 Å². The molecule has 0 spiro atoms. The summed E-state index contributed by atoms with van der Waals surface area (Å²) in [5.74, 6) is 0.178. The van der Waals surface area contributed by atoms with Gasteiger partial charge in [-0.1, -0.05) is 23.8 Å². The van der Waals surface area contributed by atoms with Gasteiger partial charge in [-0.2, -0.15) is 0 Å². The highest BCUT2D eigenvalue weighted by Crippen LogP contribution is 2.23. The largest absolute Gasteiger partial charge is 0.374 e. The van der Waals surface area contributed by atoms with Crippen LogP contribution >= 0.6 is 23.8 Å². The highest BCUT2D eigenvalue weighted by atomic mass is 35.5. The lowest BCUT2D eigenvalue weighted by Gasteiger charge is -2.07. The lowest BCUT2D eigenvalue weighted by atomic mass is 10.1. The molecule has 0 radical (unpaired) electrons. The molecule has 19 heavy (non-hydrogen) atoms. The van der Waals surface area contributed by atoms with E-state index in [2.05, 4.69) is 9.97 Å². The standard InChI is InChI=1S/C13H12ClFN2OS/c1-2-18-7-12-16-11(6-13(19)17-12)8-3-4-10(15)9(14)5-8/h3-6H,2,7H2,1H3,(H,16,17,19). The number of nitrogens with zero attached hydrogens (tertiary/aromatic N) is 1. The van der Waals surface area contributed by atoms with Gasteiger partial charge in [0.25, 0.3) is 0 Å². The van der Waals surface area contributed by atoms with Crippen LogP contribution in [0.2, 0.25) is 5.02 Å². The average molecular weight is 299 g/mol. The molecule has 100 valence electrons. The van der Waals surface area contributed by atoms with E-state index in [-0.39, 0.29) is 5.02 Å². The van der Waals surface area contributed by atoms with Crippen molar-refractivity contribution in [2.45, 2.75) is 13.5 Å². The summed E-state index contributed by atoms with van der Waals surface area (Å²) in [6.45, 7) is 2.84. The average Bonchev–Trinajstić information content (AvgIpc) is 2.39. The SMILES string of the molecule is CCOCc1nc(=S)cc(-c2ccc(F)c(Cl)c2)[nH]1. The summed E-state index contributed by atoms with van der Waals surface area (Å²) in [7, 11) is 0. The summed E-state index contributed by atoms with van der Waals surface area (Å²) in [6.07, 6.45) is 0. The second kappa shape index (κ2) is 6.23. The lowest BCUT2D eigenvalue weighted by Crippen LogP contribution is -2.00. The molecule has 1 aromatic heterocycles. The smallest absolute Gasteiger partial charge is 0.141 e. The van der Waals surface area contributed by atoms with Crippen molar-refractivity contribution in [3.05, 3.63) is 45.6 Å². The maximum absolute atomic E-state index is 13.1. The third-order valence-electron chi connectivity index (χ3n) is 2.47. The van der Waals surface area contributed by atoms with Crippen molar-refractivity contribution in [1.82, 2.24) is 9.97 Å². The molecule has 0 fully saturated rings. The maximum Gasteiger partial charge on any atom is 0.141 e.